The zero-order valence-corrected chi connectivity index (χ0v) is 46.4. The van der Waals surface area contributed by atoms with Crippen LogP contribution in [0.15, 0.2) is 48.5 Å². The highest BCUT2D eigenvalue weighted by atomic mass is 16.1. The first-order valence-corrected chi connectivity index (χ1v) is 30.9. The van der Waals surface area contributed by atoms with E-state index in [4.69, 9.17) is 0 Å². The van der Waals surface area contributed by atoms with Gasteiger partial charge in [0.2, 0.25) is 0 Å². The second-order valence-electron chi connectivity index (χ2n) is 21.5. The average molecular weight is 942 g/mol. The summed E-state index contributed by atoms with van der Waals surface area (Å²) in [6, 6.07) is 17.4. The number of carbonyl (C=O) groups is 1. The van der Waals surface area contributed by atoms with Gasteiger partial charge in [0.1, 0.15) is 0 Å². The van der Waals surface area contributed by atoms with Crippen molar-refractivity contribution in [3.8, 4) is 0 Å². The van der Waals surface area contributed by atoms with E-state index in [0.29, 0.717) is 0 Å². The molecule has 0 aromatic heterocycles. The van der Waals surface area contributed by atoms with Crippen molar-refractivity contribution in [2.24, 2.45) is 0 Å². The minimum atomic E-state index is 0.210. The minimum Gasteiger partial charge on any atom is -0.371 e. The summed E-state index contributed by atoms with van der Waals surface area (Å²) in [5, 5.41) is 0. The summed E-state index contributed by atoms with van der Waals surface area (Å²) in [5.41, 5.74) is 4.12. The van der Waals surface area contributed by atoms with E-state index in [1.165, 1.54) is 283 Å². The number of para-hydroxylation sites is 2. The van der Waals surface area contributed by atoms with Gasteiger partial charge in [0.25, 0.3) is 0 Å². The molecule has 0 radical (unpaired) electrons. The molecule has 0 saturated heterocycles. The number of ketones is 1. The lowest BCUT2D eigenvalue weighted by Crippen LogP contribution is -2.29. The number of hydrogen-bond acceptors (Lipinski definition) is 3. The molecule has 0 aliphatic rings. The van der Waals surface area contributed by atoms with Crippen molar-refractivity contribution in [3.05, 3.63) is 59.7 Å². The summed E-state index contributed by atoms with van der Waals surface area (Å²) in [5.74, 6) is 0.210. The normalized spacial score (nSPS) is 11.5. The minimum absolute atomic E-state index is 0.210. The van der Waals surface area contributed by atoms with Crippen molar-refractivity contribution >= 4 is 17.2 Å². The van der Waals surface area contributed by atoms with Crippen LogP contribution < -0.4 is 9.80 Å². The molecule has 3 heteroatoms. The maximum absolute atomic E-state index is 15.1. The molecule has 0 amide bonds. The summed E-state index contributed by atoms with van der Waals surface area (Å²) >= 11 is 0. The van der Waals surface area contributed by atoms with Crippen LogP contribution in [0.3, 0.4) is 0 Å². The van der Waals surface area contributed by atoms with Crippen molar-refractivity contribution in [1.29, 1.82) is 0 Å². The molecule has 0 saturated carbocycles. The summed E-state index contributed by atoms with van der Waals surface area (Å²) in [6.45, 7) is 13.4. The smallest absolute Gasteiger partial charge is 0.197 e. The summed E-state index contributed by atoms with van der Waals surface area (Å²) in [4.78, 5) is 20.3. The summed E-state index contributed by atoms with van der Waals surface area (Å²) < 4.78 is 0. The molecule has 0 N–H and O–H groups in total. The fourth-order valence-electron chi connectivity index (χ4n) is 10.6. The van der Waals surface area contributed by atoms with Gasteiger partial charge >= 0.3 is 0 Å². The fourth-order valence-corrected chi connectivity index (χ4v) is 10.6. The fraction of sp³-hybridized carbons (Fsp3) is 0.800. The Morgan fingerprint density at radius 2 is 0.441 bits per heavy atom. The van der Waals surface area contributed by atoms with Crippen molar-refractivity contribution in [3.63, 3.8) is 0 Å². The third-order valence-electron chi connectivity index (χ3n) is 15.1. The third kappa shape index (κ3) is 32.6. The first-order chi connectivity index (χ1) is 33.7. The largest absolute Gasteiger partial charge is 0.371 e. The number of nitrogens with zero attached hydrogens (tertiary/aromatic N) is 2. The Balaban J connectivity index is 2.13. The van der Waals surface area contributed by atoms with E-state index in [0.717, 1.165) is 48.7 Å². The molecule has 0 spiro atoms. The molecular weight excluding hydrogens is 825 g/mol. The van der Waals surface area contributed by atoms with E-state index in [1.807, 2.05) is 0 Å². The molecule has 3 nitrogen and oxygen atoms in total. The van der Waals surface area contributed by atoms with E-state index in [9.17, 15) is 0 Å². The molecule has 0 aliphatic heterocycles. The van der Waals surface area contributed by atoms with E-state index in [1.54, 1.807) is 0 Å². The van der Waals surface area contributed by atoms with Gasteiger partial charge in [-0.25, -0.2) is 0 Å². The van der Waals surface area contributed by atoms with E-state index >= 15 is 4.79 Å². The Morgan fingerprint density at radius 1 is 0.265 bits per heavy atom. The Morgan fingerprint density at radius 3 is 0.647 bits per heavy atom. The second kappa shape index (κ2) is 47.1. The van der Waals surface area contributed by atoms with Gasteiger partial charge in [0.15, 0.2) is 5.78 Å². The highest BCUT2D eigenvalue weighted by Gasteiger charge is 2.22. The zero-order chi connectivity index (χ0) is 48.6. The topological polar surface area (TPSA) is 23.6 Å². The van der Waals surface area contributed by atoms with Crippen molar-refractivity contribution in [2.45, 2.75) is 310 Å². The number of carbonyl (C=O) groups excluding carboxylic acids is 1. The first kappa shape index (κ1) is 61.8. The Bertz CT molecular complexity index is 1220. The van der Waals surface area contributed by atoms with Crippen molar-refractivity contribution in [2.75, 3.05) is 36.0 Å². The zero-order valence-electron chi connectivity index (χ0n) is 46.4. The molecule has 2 rings (SSSR count). The first-order valence-electron chi connectivity index (χ1n) is 30.9. The monoisotopic (exact) mass is 941 g/mol. The maximum atomic E-state index is 15.1. The predicted molar refractivity (Wildman–Crippen MR) is 307 cm³/mol. The van der Waals surface area contributed by atoms with Crippen LogP contribution in [0.4, 0.5) is 11.4 Å². The van der Waals surface area contributed by atoms with Crippen LogP contribution >= 0.6 is 0 Å². The van der Waals surface area contributed by atoms with Crippen LogP contribution in [0.25, 0.3) is 0 Å². The molecule has 0 fully saturated rings. The number of anilines is 2. The number of hydrogen-bond donors (Lipinski definition) is 0. The van der Waals surface area contributed by atoms with Crippen LogP contribution in [0, 0.1) is 0 Å². The standard InChI is InChI=1S/C65H116N2O/c1-5-9-13-17-21-25-29-33-37-41-49-57-66(58-50-42-38-34-30-26-22-18-14-10-6-2)63-55-47-45-53-61(63)65(68)62-54-46-48-56-64(62)67(59-51-43-39-35-31-27-23-19-15-11-7-3)60-52-44-40-36-32-28-24-20-16-12-8-4/h45-48,53-56H,5-44,49-52,57-60H2,1-4H3. The van der Waals surface area contributed by atoms with Gasteiger partial charge in [-0.05, 0) is 49.9 Å². The lowest BCUT2D eigenvalue weighted by atomic mass is 9.98. The Kier molecular flexibility index (Phi) is 42.8. The quantitative estimate of drug-likeness (QED) is 0.0488. The van der Waals surface area contributed by atoms with Gasteiger partial charge in [0, 0.05) is 48.7 Å². The lowest BCUT2D eigenvalue weighted by Gasteiger charge is -2.29. The SMILES string of the molecule is CCCCCCCCCCCCCN(CCCCCCCCCCCCC)c1ccccc1C(=O)c1ccccc1N(CCCCCCCCCCCCC)CCCCCCCCCCCCC. The van der Waals surface area contributed by atoms with Crippen molar-refractivity contribution in [1.82, 2.24) is 0 Å². The molecule has 2 aromatic carbocycles. The number of rotatable bonds is 52. The Labute approximate surface area is 426 Å². The predicted octanol–water partition coefficient (Wildman–Crippen LogP) is 21.8. The van der Waals surface area contributed by atoms with Gasteiger partial charge < -0.3 is 9.80 Å². The third-order valence-corrected chi connectivity index (χ3v) is 15.1. The molecule has 68 heavy (non-hydrogen) atoms. The number of benzene rings is 2. The molecule has 0 bridgehead atoms. The molecular formula is C65H116N2O. The maximum Gasteiger partial charge on any atom is 0.197 e. The molecule has 0 heterocycles. The molecule has 0 aliphatic carbocycles. The van der Waals surface area contributed by atoms with Gasteiger partial charge in [-0.15, -0.1) is 0 Å². The average Bonchev–Trinajstić information content (AvgIpc) is 3.36. The summed E-state index contributed by atoms with van der Waals surface area (Å²) in [7, 11) is 0. The van der Waals surface area contributed by atoms with Gasteiger partial charge in [-0.1, -0.05) is 309 Å². The Hall–Kier alpha value is -2.29. The van der Waals surface area contributed by atoms with Crippen LogP contribution in [-0.2, 0) is 0 Å². The lowest BCUT2D eigenvalue weighted by molar-refractivity contribution is 0.103. The van der Waals surface area contributed by atoms with Crippen LogP contribution in [0.2, 0.25) is 0 Å². The van der Waals surface area contributed by atoms with E-state index in [2.05, 4.69) is 86.0 Å². The molecule has 2 aromatic rings. The molecule has 392 valence electrons. The number of unbranched alkanes of at least 4 members (excludes halogenated alkanes) is 40. The van der Waals surface area contributed by atoms with E-state index in [-0.39, 0.29) is 5.78 Å². The van der Waals surface area contributed by atoms with E-state index < -0.39 is 0 Å². The molecule has 0 atom stereocenters. The van der Waals surface area contributed by atoms with Gasteiger partial charge in [-0.2, -0.15) is 0 Å². The summed E-state index contributed by atoms with van der Waals surface area (Å²) in [6.07, 6.45) is 59.9. The van der Waals surface area contributed by atoms with Crippen LogP contribution in [-0.4, -0.2) is 32.0 Å². The van der Waals surface area contributed by atoms with Gasteiger partial charge in [0.05, 0.1) is 0 Å². The molecule has 0 unspecified atom stereocenters. The van der Waals surface area contributed by atoms with Crippen LogP contribution in [0.5, 0.6) is 0 Å². The second-order valence-corrected chi connectivity index (χ2v) is 21.5. The highest BCUT2D eigenvalue weighted by Crippen LogP contribution is 2.30. The highest BCUT2D eigenvalue weighted by molar-refractivity contribution is 6.15. The van der Waals surface area contributed by atoms with Gasteiger partial charge in [-0.3, -0.25) is 4.79 Å². The van der Waals surface area contributed by atoms with Crippen molar-refractivity contribution < 1.29 is 4.79 Å². The van der Waals surface area contributed by atoms with Crippen LogP contribution in [0.1, 0.15) is 326 Å².